The van der Waals surface area contributed by atoms with Crippen LogP contribution >= 0.6 is 0 Å². The standard InChI is InChI=1S/C15H24N2/c1-4-15(5-2)12-17(10-9-16-15)14-8-6-7-13(3)11-14/h6-8,11,16H,4-5,9-10,12H2,1-3H3. The summed E-state index contributed by atoms with van der Waals surface area (Å²) >= 11 is 0. The molecule has 1 heterocycles. The molecule has 1 aliphatic rings. The fraction of sp³-hybridized carbons (Fsp3) is 0.600. The second-order valence-electron chi connectivity index (χ2n) is 5.17. The summed E-state index contributed by atoms with van der Waals surface area (Å²) in [6.45, 7) is 10.1. The van der Waals surface area contributed by atoms with Crippen molar-refractivity contribution in [1.29, 1.82) is 0 Å². The van der Waals surface area contributed by atoms with Crippen molar-refractivity contribution in [2.75, 3.05) is 24.5 Å². The Morgan fingerprint density at radius 1 is 1.29 bits per heavy atom. The smallest absolute Gasteiger partial charge is 0.0369 e. The minimum absolute atomic E-state index is 0.308. The SMILES string of the molecule is CCC1(CC)CN(c2cccc(C)c2)CCN1. The molecule has 2 rings (SSSR count). The molecule has 2 heteroatoms. The molecule has 0 atom stereocenters. The summed E-state index contributed by atoms with van der Waals surface area (Å²) in [7, 11) is 0. The Hall–Kier alpha value is -1.02. The molecule has 94 valence electrons. The van der Waals surface area contributed by atoms with E-state index in [2.05, 4.69) is 55.3 Å². The van der Waals surface area contributed by atoms with Crippen molar-refractivity contribution in [3.63, 3.8) is 0 Å². The molecule has 17 heavy (non-hydrogen) atoms. The fourth-order valence-electron chi connectivity index (χ4n) is 2.72. The van der Waals surface area contributed by atoms with Crippen molar-refractivity contribution < 1.29 is 0 Å². The Morgan fingerprint density at radius 3 is 2.71 bits per heavy atom. The van der Waals surface area contributed by atoms with Crippen LogP contribution in [0, 0.1) is 6.92 Å². The monoisotopic (exact) mass is 232 g/mol. The van der Waals surface area contributed by atoms with Gasteiger partial charge >= 0.3 is 0 Å². The van der Waals surface area contributed by atoms with Crippen LogP contribution in [0.4, 0.5) is 5.69 Å². The summed E-state index contributed by atoms with van der Waals surface area (Å²) in [4.78, 5) is 2.52. The lowest BCUT2D eigenvalue weighted by Crippen LogP contribution is -2.60. The summed E-state index contributed by atoms with van der Waals surface area (Å²) in [6, 6.07) is 8.85. The summed E-state index contributed by atoms with van der Waals surface area (Å²) in [6.07, 6.45) is 2.40. The maximum atomic E-state index is 3.70. The average molecular weight is 232 g/mol. The summed E-state index contributed by atoms with van der Waals surface area (Å²) in [5, 5.41) is 3.70. The zero-order valence-electron chi connectivity index (χ0n) is 11.3. The summed E-state index contributed by atoms with van der Waals surface area (Å²) < 4.78 is 0. The molecule has 0 spiro atoms. The van der Waals surface area contributed by atoms with E-state index in [1.165, 1.54) is 24.1 Å². The largest absolute Gasteiger partial charge is 0.368 e. The predicted molar refractivity (Wildman–Crippen MR) is 74.7 cm³/mol. The summed E-state index contributed by atoms with van der Waals surface area (Å²) in [5.74, 6) is 0. The van der Waals surface area contributed by atoms with Crippen LogP contribution in [0.25, 0.3) is 0 Å². The van der Waals surface area contributed by atoms with Crippen molar-refractivity contribution in [2.24, 2.45) is 0 Å². The molecule has 0 saturated carbocycles. The Morgan fingerprint density at radius 2 is 2.06 bits per heavy atom. The molecule has 0 amide bonds. The lowest BCUT2D eigenvalue weighted by molar-refractivity contribution is 0.277. The lowest BCUT2D eigenvalue weighted by Gasteiger charge is -2.44. The Balaban J connectivity index is 2.17. The van der Waals surface area contributed by atoms with Gasteiger partial charge in [0.25, 0.3) is 0 Å². The van der Waals surface area contributed by atoms with Gasteiger partial charge in [-0.1, -0.05) is 26.0 Å². The number of nitrogens with one attached hydrogen (secondary N) is 1. The highest BCUT2D eigenvalue weighted by atomic mass is 15.2. The van der Waals surface area contributed by atoms with Crippen LogP contribution in [0.5, 0.6) is 0 Å². The number of rotatable bonds is 3. The van der Waals surface area contributed by atoms with E-state index in [0.717, 1.165) is 19.6 Å². The molecule has 0 radical (unpaired) electrons. The van der Waals surface area contributed by atoms with E-state index < -0.39 is 0 Å². The van der Waals surface area contributed by atoms with Gasteiger partial charge in [0.05, 0.1) is 0 Å². The van der Waals surface area contributed by atoms with Crippen LogP contribution in [-0.4, -0.2) is 25.2 Å². The van der Waals surface area contributed by atoms with Crippen LogP contribution in [0.3, 0.4) is 0 Å². The predicted octanol–water partition coefficient (Wildman–Crippen LogP) is 2.96. The molecule has 1 aromatic carbocycles. The first-order chi connectivity index (χ1) is 8.19. The molecular formula is C15H24N2. The summed E-state index contributed by atoms with van der Waals surface area (Å²) in [5.41, 5.74) is 3.03. The minimum Gasteiger partial charge on any atom is -0.368 e. The van der Waals surface area contributed by atoms with Gasteiger partial charge in [0.2, 0.25) is 0 Å². The van der Waals surface area contributed by atoms with Crippen LogP contribution in [0.15, 0.2) is 24.3 Å². The number of nitrogens with zero attached hydrogens (tertiary/aromatic N) is 1. The van der Waals surface area contributed by atoms with Gasteiger partial charge in [-0.2, -0.15) is 0 Å². The van der Waals surface area contributed by atoms with Gasteiger partial charge in [-0.15, -0.1) is 0 Å². The van der Waals surface area contributed by atoms with Gasteiger partial charge in [-0.3, -0.25) is 0 Å². The van der Waals surface area contributed by atoms with Crippen molar-refractivity contribution in [2.45, 2.75) is 39.2 Å². The molecule has 0 unspecified atom stereocenters. The number of piperazine rings is 1. The maximum Gasteiger partial charge on any atom is 0.0369 e. The molecule has 1 N–H and O–H groups in total. The fourth-order valence-corrected chi connectivity index (χ4v) is 2.72. The molecular weight excluding hydrogens is 208 g/mol. The van der Waals surface area contributed by atoms with Gasteiger partial charge < -0.3 is 10.2 Å². The first-order valence-corrected chi connectivity index (χ1v) is 6.76. The van der Waals surface area contributed by atoms with Crippen LogP contribution in [-0.2, 0) is 0 Å². The topological polar surface area (TPSA) is 15.3 Å². The van der Waals surface area contributed by atoms with Crippen LogP contribution in [0.1, 0.15) is 32.3 Å². The van der Waals surface area contributed by atoms with E-state index in [1.54, 1.807) is 0 Å². The van der Waals surface area contributed by atoms with E-state index in [0.29, 0.717) is 5.54 Å². The molecule has 0 aliphatic carbocycles. The van der Waals surface area contributed by atoms with E-state index in [4.69, 9.17) is 0 Å². The van der Waals surface area contributed by atoms with Crippen molar-refractivity contribution >= 4 is 5.69 Å². The molecule has 2 nitrogen and oxygen atoms in total. The van der Waals surface area contributed by atoms with E-state index in [-0.39, 0.29) is 0 Å². The van der Waals surface area contributed by atoms with E-state index in [1.807, 2.05) is 0 Å². The molecule has 1 fully saturated rings. The second kappa shape index (κ2) is 5.09. The highest BCUT2D eigenvalue weighted by Crippen LogP contribution is 2.25. The molecule has 1 saturated heterocycles. The molecule has 1 aromatic rings. The number of benzene rings is 1. The number of hydrogen-bond acceptors (Lipinski definition) is 2. The van der Waals surface area contributed by atoms with Gasteiger partial charge in [-0.25, -0.2) is 0 Å². The first kappa shape index (κ1) is 12.4. The Bertz CT molecular complexity index is 369. The van der Waals surface area contributed by atoms with E-state index >= 15 is 0 Å². The molecule has 1 aliphatic heterocycles. The van der Waals surface area contributed by atoms with Crippen molar-refractivity contribution in [1.82, 2.24) is 5.32 Å². The third-order valence-corrected chi connectivity index (χ3v) is 4.10. The molecule has 0 aromatic heterocycles. The number of hydrogen-bond donors (Lipinski definition) is 1. The first-order valence-electron chi connectivity index (χ1n) is 6.76. The zero-order chi connectivity index (χ0) is 12.3. The average Bonchev–Trinajstić information content (AvgIpc) is 2.39. The maximum absolute atomic E-state index is 3.70. The van der Waals surface area contributed by atoms with Gasteiger partial charge in [0.1, 0.15) is 0 Å². The Kier molecular flexibility index (Phi) is 3.72. The normalized spacial score (nSPS) is 19.4. The zero-order valence-corrected chi connectivity index (χ0v) is 11.3. The molecule has 0 bridgehead atoms. The van der Waals surface area contributed by atoms with Gasteiger partial charge in [0.15, 0.2) is 0 Å². The third kappa shape index (κ3) is 2.63. The van der Waals surface area contributed by atoms with Crippen LogP contribution < -0.4 is 10.2 Å². The highest BCUT2D eigenvalue weighted by Gasteiger charge is 2.31. The minimum atomic E-state index is 0.308. The highest BCUT2D eigenvalue weighted by molar-refractivity contribution is 5.49. The van der Waals surface area contributed by atoms with Crippen molar-refractivity contribution in [3.8, 4) is 0 Å². The second-order valence-corrected chi connectivity index (χ2v) is 5.17. The van der Waals surface area contributed by atoms with Crippen LogP contribution in [0.2, 0.25) is 0 Å². The number of aryl methyl sites for hydroxylation is 1. The Labute approximate surface area is 105 Å². The lowest BCUT2D eigenvalue weighted by atomic mass is 9.90. The number of anilines is 1. The van der Waals surface area contributed by atoms with Crippen molar-refractivity contribution in [3.05, 3.63) is 29.8 Å². The van der Waals surface area contributed by atoms with E-state index in [9.17, 15) is 0 Å². The third-order valence-electron chi connectivity index (χ3n) is 4.10. The van der Waals surface area contributed by atoms with Gasteiger partial charge in [0, 0.05) is 30.9 Å². The van der Waals surface area contributed by atoms with Gasteiger partial charge in [-0.05, 0) is 37.5 Å². The quantitative estimate of drug-likeness (QED) is 0.862.